The third-order valence-corrected chi connectivity index (χ3v) is 4.97. The van der Waals surface area contributed by atoms with Crippen molar-refractivity contribution in [3.05, 3.63) is 54.9 Å². The Hall–Kier alpha value is -3.09. The summed E-state index contributed by atoms with van der Waals surface area (Å²) >= 11 is 0. The maximum atomic E-state index is 14.1. The summed E-state index contributed by atoms with van der Waals surface area (Å²) in [7, 11) is 0. The van der Waals surface area contributed by atoms with Gasteiger partial charge in [0.1, 0.15) is 5.67 Å². The molecule has 1 fully saturated rings. The van der Waals surface area contributed by atoms with Crippen molar-refractivity contribution >= 4 is 17.6 Å². The molecule has 7 heteroatoms. The molecule has 2 heterocycles. The Morgan fingerprint density at radius 1 is 0.929 bits per heavy atom. The van der Waals surface area contributed by atoms with Crippen LogP contribution in [0.2, 0.25) is 0 Å². The summed E-state index contributed by atoms with van der Waals surface area (Å²) in [6.45, 7) is 1.68. The fourth-order valence-corrected chi connectivity index (χ4v) is 3.32. The smallest absolute Gasteiger partial charge is 0.232 e. The number of pyridine rings is 1. The number of rotatable bonds is 5. The number of hydrogen-bond donors (Lipinski definition) is 2. The van der Waals surface area contributed by atoms with E-state index in [4.69, 9.17) is 0 Å². The number of nitrogens with one attached hydrogen (secondary N) is 2. The summed E-state index contributed by atoms with van der Waals surface area (Å²) in [5, 5.41) is 6.58. The SMILES string of the molecule is CC1(F)CCC(Nc2nc(Nc3ccncc3)nc(-c3ccccc3)n2)CC1. The van der Waals surface area contributed by atoms with E-state index in [2.05, 4.69) is 30.6 Å². The minimum absolute atomic E-state index is 0.156. The Bertz CT molecular complexity index is 907. The molecule has 4 rings (SSSR count). The largest absolute Gasteiger partial charge is 0.351 e. The second kappa shape index (κ2) is 7.88. The van der Waals surface area contributed by atoms with E-state index in [9.17, 15) is 4.39 Å². The third kappa shape index (κ3) is 4.60. The number of nitrogens with zero attached hydrogens (tertiary/aromatic N) is 4. The highest BCUT2D eigenvalue weighted by Gasteiger charge is 2.31. The van der Waals surface area contributed by atoms with E-state index >= 15 is 0 Å². The number of alkyl halides is 1. The molecule has 3 aromatic rings. The molecule has 2 N–H and O–H groups in total. The van der Waals surface area contributed by atoms with Crippen molar-refractivity contribution in [2.24, 2.45) is 0 Å². The lowest BCUT2D eigenvalue weighted by Gasteiger charge is -2.31. The molecule has 1 saturated carbocycles. The van der Waals surface area contributed by atoms with Gasteiger partial charge >= 0.3 is 0 Å². The van der Waals surface area contributed by atoms with Gasteiger partial charge in [-0.3, -0.25) is 4.98 Å². The van der Waals surface area contributed by atoms with Gasteiger partial charge in [0.2, 0.25) is 11.9 Å². The molecule has 0 spiro atoms. The first-order valence-electron chi connectivity index (χ1n) is 9.51. The van der Waals surface area contributed by atoms with Gasteiger partial charge in [-0.05, 0) is 44.7 Å². The van der Waals surface area contributed by atoms with Gasteiger partial charge in [0.15, 0.2) is 5.82 Å². The monoisotopic (exact) mass is 378 g/mol. The van der Waals surface area contributed by atoms with E-state index < -0.39 is 5.67 Å². The third-order valence-electron chi connectivity index (χ3n) is 4.97. The molecule has 0 radical (unpaired) electrons. The minimum Gasteiger partial charge on any atom is -0.351 e. The van der Waals surface area contributed by atoms with Crippen LogP contribution >= 0.6 is 0 Å². The fourth-order valence-electron chi connectivity index (χ4n) is 3.32. The first kappa shape index (κ1) is 18.3. The maximum absolute atomic E-state index is 14.1. The van der Waals surface area contributed by atoms with Crippen molar-refractivity contribution < 1.29 is 4.39 Å². The molecular formula is C21H23FN6. The second-order valence-corrected chi connectivity index (χ2v) is 7.37. The standard InChI is InChI=1S/C21H23FN6/c1-21(22)11-7-16(8-12-21)24-19-26-18(15-5-3-2-4-6-15)27-20(28-19)25-17-9-13-23-14-10-17/h2-6,9-10,13-14,16H,7-8,11-12H2,1H3,(H2,23,24,25,26,27,28). The van der Waals surface area contributed by atoms with Gasteiger partial charge in [0, 0.05) is 29.7 Å². The lowest BCUT2D eigenvalue weighted by molar-refractivity contribution is 0.124. The van der Waals surface area contributed by atoms with Gasteiger partial charge in [-0.1, -0.05) is 30.3 Å². The first-order valence-corrected chi connectivity index (χ1v) is 9.51. The maximum Gasteiger partial charge on any atom is 0.232 e. The van der Waals surface area contributed by atoms with E-state index in [1.807, 2.05) is 42.5 Å². The lowest BCUT2D eigenvalue weighted by Crippen LogP contribution is -2.33. The van der Waals surface area contributed by atoms with Gasteiger partial charge in [-0.25, -0.2) is 4.39 Å². The predicted octanol–water partition coefficient (Wildman–Crippen LogP) is 4.76. The van der Waals surface area contributed by atoms with Crippen molar-refractivity contribution in [3.8, 4) is 11.4 Å². The fraction of sp³-hybridized carbons (Fsp3) is 0.333. The topological polar surface area (TPSA) is 75.6 Å². The summed E-state index contributed by atoms with van der Waals surface area (Å²) in [6.07, 6.45) is 6.01. The zero-order chi connectivity index (χ0) is 19.4. The number of anilines is 3. The highest BCUT2D eigenvalue weighted by Crippen LogP contribution is 2.32. The molecule has 0 aliphatic heterocycles. The van der Waals surface area contributed by atoms with Gasteiger partial charge in [0.05, 0.1) is 0 Å². The summed E-state index contributed by atoms with van der Waals surface area (Å²) in [6, 6.07) is 13.6. The average Bonchev–Trinajstić information content (AvgIpc) is 2.71. The van der Waals surface area contributed by atoms with Crippen LogP contribution in [0.3, 0.4) is 0 Å². The molecule has 1 aromatic carbocycles. The molecule has 6 nitrogen and oxygen atoms in total. The molecule has 0 amide bonds. The number of hydrogen-bond acceptors (Lipinski definition) is 6. The molecule has 0 bridgehead atoms. The van der Waals surface area contributed by atoms with E-state index in [-0.39, 0.29) is 6.04 Å². The van der Waals surface area contributed by atoms with Gasteiger partial charge in [-0.2, -0.15) is 15.0 Å². The first-order chi connectivity index (χ1) is 13.6. The molecule has 0 saturated heterocycles. The lowest BCUT2D eigenvalue weighted by atomic mass is 9.85. The number of halogens is 1. The Morgan fingerprint density at radius 2 is 1.61 bits per heavy atom. The van der Waals surface area contributed by atoms with Gasteiger partial charge < -0.3 is 10.6 Å². The highest BCUT2D eigenvalue weighted by molar-refractivity contribution is 5.60. The molecular weight excluding hydrogens is 355 g/mol. The molecule has 144 valence electrons. The number of benzene rings is 1. The Labute approximate surface area is 163 Å². The summed E-state index contributed by atoms with van der Waals surface area (Å²) in [5.74, 6) is 1.53. The van der Waals surface area contributed by atoms with Crippen LogP contribution < -0.4 is 10.6 Å². The molecule has 0 atom stereocenters. The van der Waals surface area contributed by atoms with Crippen LogP contribution in [0.4, 0.5) is 22.0 Å². The number of aromatic nitrogens is 4. The van der Waals surface area contributed by atoms with Crippen LogP contribution in [0.1, 0.15) is 32.6 Å². The van der Waals surface area contributed by atoms with Crippen molar-refractivity contribution in [3.63, 3.8) is 0 Å². The van der Waals surface area contributed by atoms with Gasteiger partial charge in [0.25, 0.3) is 0 Å². The zero-order valence-electron chi connectivity index (χ0n) is 15.8. The second-order valence-electron chi connectivity index (χ2n) is 7.37. The summed E-state index contributed by atoms with van der Waals surface area (Å²) < 4.78 is 14.1. The van der Waals surface area contributed by atoms with Crippen LogP contribution in [-0.2, 0) is 0 Å². The Morgan fingerprint density at radius 3 is 2.32 bits per heavy atom. The van der Waals surface area contributed by atoms with Crippen molar-refractivity contribution in [2.45, 2.75) is 44.3 Å². The molecule has 1 aliphatic rings. The predicted molar refractivity (Wildman–Crippen MR) is 108 cm³/mol. The summed E-state index contributed by atoms with van der Waals surface area (Å²) in [4.78, 5) is 17.7. The van der Waals surface area contributed by atoms with Crippen molar-refractivity contribution in [2.75, 3.05) is 10.6 Å². The normalized spacial score (nSPS) is 21.9. The van der Waals surface area contributed by atoms with Crippen LogP contribution in [0.5, 0.6) is 0 Å². The molecule has 0 unspecified atom stereocenters. The molecule has 2 aromatic heterocycles. The van der Waals surface area contributed by atoms with Crippen LogP contribution in [0.15, 0.2) is 54.9 Å². The quantitative estimate of drug-likeness (QED) is 0.667. The van der Waals surface area contributed by atoms with Gasteiger partial charge in [-0.15, -0.1) is 0 Å². The van der Waals surface area contributed by atoms with Crippen LogP contribution in [-0.4, -0.2) is 31.6 Å². The zero-order valence-corrected chi connectivity index (χ0v) is 15.8. The average molecular weight is 378 g/mol. The van der Waals surface area contributed by atoms with Crippen LogP contribution in [0.25, 0.3) is 11.4 Å². The van der Waals surface area contributed by atoms with E-state index in [1.165, 1.54) is 0 Å². The van der Waals surface area contributed by atoms with E-state index in [0.29, 0.717) is 30.6 Å². The highest BCUT2D eigenvalue weighted by atomic mass is 19.1. The Kier molecular flexibility index (Phi) is 5.14. The van der Waals surface area contributed by atoms with Crippen molar-refractivity contribution in [1.29, 1.82) is 0 Å². The molecule has 28 heavy (non-hydrogen) atoms. The van der Waals surface area contributed by atoms with Crippen LogP contribution in [0, 0.1) is 0 Å². The Balaban J connectivity index is 1.60. The van der Waals surface area contributed by atoms with Crippen molar-refractivity contribution in [1.82, 2.24) is 19.9 Å². The van der Waals surface area contributed by atoms with E-state index in [0.717, 1.165) is 24.1 Å². The van der Waals surface area contributed by atoms with E-state index in [1.54, 1.807) is 19.3 Å². The molecule has 1 aliphatic carbocycles. The minimum atomic E-state index is -1.07. The summed E-state index contributed by atoms with van der Waals surface area (Å²) in [5.41, 5.74) is 0.684.